The highest BCUT2D eigenvalue weighted by Crippen LogP contribution is 2.56. The van der Waals surface area contributed by atoms with Crippen LogP contribution in [-0.2, 0) is 0 Å². The third-order valence-corrected chi connectivity index (χ3v) is 9.09. The van der Waals surface area contributed by atoms with Crippen molar-refractivity contribution in [3.63, 3.8) is 0 Å². The molecule has 0 radical (unpaired) electrons. The van der Waals surface area contributed by atoms with Crippen LogP contribution in [0.1, 0.15) is 122 Å². The molecule has 0 aliphatic heterocycles. The summed E-state index contributed by atoms with van der Waals surface area (Å²) < 4.78 is 0. The molecule has 1 fully saturated rings. The molecule has 0 aromatic heterocycles. The molecule has 1 aliphatic carbocycles. The van der Waals surface area contributed by atoms with E-state index >= 15 is 0 Å². The molecule has 0 saturated heterocycles. The second-order valence-corrected chi connectivity index (χ2v) is 11.1. The summed E-state index contributed by atoms with van der Waals surface area (Å²) in [6.45, 7) is -2.66. The molecule has 6 nitrogen and oxygen atoms in total. The van der Waals surface area contributed by atoms with Crippen molar-refractivity contribution in [2.24, 2.45) is 16.2 Å². The first-order chi connectivity index (χ1) is 16.6. The SMILES string of the molecule is OCC1(CO)CCCCCCCCCCCCCCCCCCCC(CO)(CO)C1(CO)CO. The van der Waals surface area contributed by atoms with E-state index in [9.17, 15) is 30.6 Å². The fraction of sp³-hybridized carbons (Fsp3) is 1.00. The summed E-state index contributed by atoms with van der Waals surface area (Å²) in [6, 6.07) is 0. The van der Waals surface area contributed by atoms with Crippen molar-refractivity contribution in [1.82, 2.24) is 0 Å². The first kappa shape index (κ1) is 31.8. The number of aliphatic hydroxyl groups excluding tert-OH is 6. The monoisotopic (exact) mass is 488 g/mol. The smallest absolute Gasteiger partial charge is 0.0523 e. The van der Waals surface area contributed by atoms with E-state index in [1.165, 1.54) is 70.6 Å². The van der Waals surface area contributed by atoms with E-state index in [0.717, 1.165) is 38.5 Å². The van der Waals surface area contributed by atoms with Gasteiger partial charge in [-0.15, -0.1) is 0 Å². The van der Waals surface area contributed by atoms with E-state index < -0.39 is 55.9 Å². The quantitative estimate of drug-likeness (QED) is 0.331. The van der Waals surface area contributed by atoms with Crippen LogP contribution >= 0.6 is 0 Å². The number of rotatable bonds is 6. The van der Waals surface area contributed by atoms with Crippen molar-refractivity contribution in [2.45, 2.75) is 122 Å². The van der Waals surface area contributed by atoms with Crippen molar-refractivity contribution < 1.29 is 30.6 Å². The van der Waals surface area contributed by atoms with E-state index in [2.05, 4.69) is 0 Å². The zero-order chi connectivity index (χ0) is 25.2. The molecule has 0 heterocycles. The molecule has 0 aromatic rings. The minimum Gasteiger partial charge on any atom is -0.396 e. The summed E-state index contributed by atoms with van der Waals surface area (Å²) in [4.78, 5) is 0. The van der Waals surface area contributed by atoms with Gasteiger partial charge in [-0.1, -0.05) is 109 Å². The summed E-state index contributed by atoms with van der Waals surface area (Å²) in [7, 11) is 0. The second-order valence-electron chi connectivity index (χ2n) is 11.1. The Morgan fingerprint density at radius 1 is 0.294 bits per heavy atom. The molecule has 6 heteroatoms. The van der Waals surface area contributed by atoms with Gasteiger partial charge in [0, 0.05) is 16.2 Å². The van der Waals surface area contributed by atoms with E-state index in [4.69, 9.17) is 0 Å². The lowest BCUT2D eigenvalue weighted by Crippen LogP contribution is -2.64. The van der Waals surface area contributed by atoms with Crippen molar-refractivity contribution in [2.75, 3.05) is 39.6 Å². The van der Waals surface area contributed by atoms with Gasteiger partial charge < -0.3 is 30.6 Å². The third-order valence-electron chi connectivity index (χ3n) is 9.09. The Bertz CT molecular complexity index is 434. The standard InChI is InChI=1S/C28H56O6/c29-20-26(21-30)18-16-14-12-10-8-6-4-2-1-3-5-7-9-11-13-15-17-19-27(22-31,23-32)28(26,24-33)25-34/h29-34H,1-25H2. The van der Waals surface area contributed by atoms with Gasteiger partial charge in [-0.2, -0.15) is 0 Å². The van der Waals surface area contributed by atoms with Gasteiger partial charge in [0.1, 0.15) is 0 Å². The van der Waals surface area contributed by atoms with Gasteiger partial charge in [0.05, 0.1) is 39.6 Å². The Kier molecular flexibility index (Phi) is 16.9. The number of hydrogen-bond acceptors (Lipinski definition) is 6. The zero-order valence-corrected chi connectivity index (χ0v) is 21.9. The summed E-state index contributed by atoms with van der Waals surface area (Å²) in [5, 5.41) is 63.1. The Morgan fingerprint density at radius 2 is 0.500 bits per heavy atom. The van der Waals surface area contributed by atoms with E-state index in [-0.39, 0.29) is 0 Å². The summed E-state index contributed by atoms with van der Waals surface area (Å²) >= 11 is 0. The van der Waals surface area contributed by atoms with Crippen LogP contribution < -0.4 is 0 Å². The number of hydrogen-bond donors (Lipinski definition) is 6. The zero-order valence-electron chi connectivity index (χ0n) is 21.9. The van der Waals surface area contributed by atoms with Gasteiger partial charge in [0.2, 0.25) is 0 Å². The molecule has 1 aliphatic rings. The van der Waals surface area contributed by atoms with Crippen molar-refractivity contribution in [3.8, 4) is 0 Å². The highest BCUT2D eigenvalue weighted by Gasteiger charge is 2.61. The van der Waals surface area contributed by atoms with Crippen LogP contribution in [0.2, 0.25) is 0 Å². The average molecular weight is 489 g/mol. The van der Waals surface area contributed by atoms with E-state index in [1.807, 2.05) is 0 Å². The minimum absolute atomic E-state index is 0.410. The molecule has 0 atom stereocenters. The molecular weight excluding hydrogens is 432 g/mol. The first-order valence-electron chi connectivity index (χ1n) is 14.2. The lowest BCUT2D eigenvalue weighted by molar-refractivity contribution is -0.214. The van der Waals surface area contributed by atoms with Crippen LogP contribution in [0.15, 0.2) is 0 Å². The van der Waals surface area contributed by atoms with Crippen LogP contribution in [-0.4, -0.2) is 70.3 Å². The second kappa shape index (κ2) is 18.1. The summed E-state index contributed by atoms with van der Waals surface area (Å²) in [5.74, 6) is 0. The maximum atomic E-state index is 10.6. The Labute approximate surface area is 208 Å². The minimum atomic E-state index is -1.38. The fourth-order valence-corrected chi connectivity index (χ4v) is 6.36. The summed E-state index contributed by atoms with van der Waals surface area (Å²) in [5.41, 5.74) is -3.75. The topological polar surface area (TPSA) is 121 Å². The van der Waals surface area contributed by atoms with Gasteiger partial charge in [-0.3, -0.25) is 0 Å². The summed E-state index contributed by atoms with van der Waals surface area (Å²) in [6.07, 6.45) is 20.5. The Hall–Kier alpha value is -0.240. The normalized spacial score (nSPS) is 24.5. The van der Waals surface area contributed by atoms with Gasteiger partial charge in [0.25, 0.3) is 0 Å². The predicted octanol–water partition coefficient (Wildman–Crippen LogP) is 4.32. The maximum absolute atomic E-state index is 10.6. The maximum Gasteiger partial charge on any atom is 0.0523 e. The van der Waals surface area contributed by atoms with Crippen LogP contribution in [0.5, 0.6) is 0 Å². The average Bonchev–Trinajstić information content (AvgIpc) is 2.87. The number of aliphatic hydroxyl groups is 6. The molecule has 1 rings (SSSR count). The first-order valence-corrected chi connectivity index (χ1v) is 14.2. The van der Waals surface area contributed by atoms with Crippen LogP contribution in [0, 0.1) is 16.2 Å². The molecule has 204 valence electrons. The molecule has 0 bridgehead atoms. The molecule has 34 heavy (non-hydrogen) atoms. The van der Waals surface area contributed by atoms with Gasteiger partial charge in [-0.05, 0) is 12.8 Å². The Balaban J connectivity index is 3.03. The molecular formula is C28H56O6. The van der Waals surface area contributed by atoms with Gasteiger partial charge in [-0.25, -0.2) is 0 Å². The van der Waals surface area contributed by atoms with E-state index in [0.29, 0.717) is 12.8 Å². The molecule has 0 aromatic carbocycles. The Morgan fingerprint density at radius 3 is 0.676 bits per heavy atom. The van der Waals surface area contributed by atoms with E-state index in [1.54, 1.807) is 0 Å². The lowest BCUT2D eigenvalue weighted by atomic mass is 9.49. The van der Waals surface area contributed by atoms with Crippen molar-refractivity contribution in [3.05, 3.63) is 0 Å². The highest BCUT2D eigenvalue weighted by molar-refractivity contribution is 5.08. The highest BCUT2D eigenvalue weighted by atomic mass is 16.3. The van der Waals surface area contributed by atoms with Gasteiger partial charge >= 0.3 is 0 Å². The third kappa shape index (κ3) is 8.41. The van der Waals surface area contributed by atoms with Crippen LogP contribution in [0.4, 0.5) is 0 Å². The molecule has 6 N–H and O–H groups in total. The molecule has 0 spiro atoms. The van der Waals surface area contributed by atoms with Gasteiger partial charge in [0.15, 0.2) is 0 Å². The molecule has 0 unspecified atom stereocenters. The van der Waals surface area contributed by atoms with Crippen molar-refractivity contribution in [1.29, 1.82) is 0 Å². The fourth-order valence-electron chi connectivity index (χ4n) is 6.36. The molecule has 1 saturated carbocycles. The molecule has 0 amide bonds. The largest absolute Gasteiger partial charge is 0.396 e. The van der Waals surface area contributed by atoms with Crippen LogP contribution in [0.25, 0.3) is 0 Å². The lowest BCUT2D eigenvalue weighted by Gasteiger charge is -2.57. The van der Waals surface area contributed by atoms with Crippen LogP contribution in [0.3, 0.4) is 0 Å². The van der Waals surface area contributed by atoms with Crippen molar-refractivity contribution >= 4 is 0 Å². The predicted molar refractivity (Wildman–Crippen MR) is 138 cm³/mol.